The Morgan fingerprint density at radius 1 is 1.25 bits per heavy atom. The Morgan fingerprint density at radius 3 is 2.42 bits per heavy atom. The van der Waals surface area contributed by atoms with Gasteiger partial charge in [0.1, 0.15) is 0 Å². The van der Waals surface area contributed by atoms with E-state index in [-0.39, 0.29) is 12.3 Å². The van der Waals surface area contributed by atoms with Crippen molar-refractivity contribution in [2.45, 2.75) is 44.8 Å². The van der Waals surface area contributed by atoms with Gasteiger partial charge in [-0.1, -0.05) is 12.1 Å². The molecule has 1 heterocycles. The first-order valence-electron chi connectivity index (χ1n) is 7.88. The Balaban J connectivity index is 2.05. The summed E-state index contributed by atoms with van der Waals surface area (Å²) in [6.07, 6.45) is -4.07. The first kappa shape index (κ1) is 18.3. The van der Waals surface area contributed by atoms with E-state index >= 15 is 0 Å². The lowest BCUT2D eigenvalue weighted by molar-refractivity contribution is -0.145. The van der Waals surface area contributed by atoms with Crippen LogP contribution in [0.15, 0.2) is 24.3 Å². The van der Waals surface area contributed by atoms with Gasteiger partial charge in [0.25, 0.3) is 5.91 Å². The van der Waals surface area contributed by atoms with E-state index in [2.05, 4.69) is 0 Å². The van der Waals surface area contributed by atoms with Gasteiger partial charge < -0.3 is 10.0 Å². The van der Waals surface area contributed by atoms with Crippen molar-refractivity contribution in [3.05, 3.63) is 35.4 Å². The third-order valence-corrected chi connectivity index (χ3v) is 4.46. The lowest BCUT2D eigenvalue weighted by Gasteiger charge is -2.37. The molecule has 1 aromatic rings. The number of carbonyl (C=O) groups excluding carboxylic acids is 1. The number of halogens is 3. The van der Waals surface area contributed by atoms with E-state index < -0.39 is 30.5 Å². The van der Waals surface area contributed by atoms with E-state index in [1.807, 2.05) is 0 Å². The summed E-state index contributed by atoms with van der Waals surface area (Å²) in [6.45, 7) is 2.20. The minimum Gasteiger partial charge on any atom is -0.481 e. The number of nitrogens with zero attached hydrogens (tertiary/aromatic N) is 1. The van der Waals surface area contributed by atoms with E-state index in [0.717, 1.165) is 0 Å². The van der Waals surface area contributed by atoms with E-state index in [1.54, 1.807) is 6.92 Å². The van der Waals surface area contributed by atoms with Gasteiger partial charge in [0, 0.05) is 24.6 Å². The Morgan fingerprint density at radius 2 is 1.88 bits per heavy atom. The molecule has 1 N–H and O–H groups in total. The van der Waals surface area contributed by atoms with E-state index in [4.69, 9.17) is 0 Å². The van der Waals surface area contributed by atoms with Gasteiger partial charge in [-0.3, -0.25) is 9.59 Å². The molecular weight excluding hydrogens is 323 g/mol. The molecule has 0 radical (unpaired) electrons. The topological polar surface area (TPSA) is 57.6 Å². The Bertz CT molecular complexity index is 598. The van der Waals surface area contributed by atoms with Gasteiger partial charge >= 0.3 is 12.1 Å². The quantitative estimate of drug-likeness (QED) is 0.910. The van der Waals surface area contributed by atoms with Gasteiger partial charge in [0.15, 0.2) is 0 Å². The number of carboxylic acid groups (broad SMARTS) is 1. The molecule has 1 amide bonds. The molecule has 2 rings (SSSR count). The molecule has 7 heteroatoms. The van der Waals surface area contributed by atoms with Crippen molar-refractivity contribution in [2.75, 3.05) is 6.54 Å². The average molecular weight is 343 g/mol. The standard InChI is InChI=1S/C17H20F3NO3/c1-11-14(16(23)24)3-2-10-21(11)15(22)13-6-4-12(5-7-13)8-9-17(18,19)20/h4-7,11,14H,2-3,8-10H2,1H3,(H,23,24)/t11-,14-/m1/s1. The molecule has 0 saturated carbocycles. The van der Waals surface area contributed by atoms with Gasteiger partial charge in [-0.2, -0.15) is 13.2 Å². The zero-order chi connectivity index (χ0) is 17.9. The fourth-order valence-corrected chi connectivity index (χ4v) is 3.03. The molecule has 0 spiro atoms. The van der Waals surface area contributed by atoms with Crippen LogP contribution in [0.4, 0.5) is 13.2 Å². The summed E-state index contributed by atoms with van der Waals surface area (Å²) in [6, 6.07) is 5.63. The van der Waals surface area contributed by atoms with E-state index in [1.165, 1.54) is 29.2 Å². The highest BCUT2D eigenvalue weighted by atomic mass is 19.4. The molecule has 132 valence electrons. The first-order chi connectivity index (χ1) is 11.2. The van der Waals surface area contributed by atoms with Crippen molar-refractivity contribution in [3.63, 3.8) is 0 Å². The maximum Gasteiger partial charge on any atom is 0.389 e. The fourth-order valence-electron chi connectivity index (χ4n) is 3.03. The van der Waals surface area contributed by atoms with Crippen LogP contribution in [-0.2, 0) is 11.2 Å². The lowest BCUT2D eigenvalue weighted by atomic mass is 9.89. The molecule has 0 bridgehead atoms. The number of carbonyl (C=O) groups is 2. The summed E-state index contributed by atoms with van der Waals surface area (Å²) < 4.78 is 36.7. The number of alkyl halides is 3. The predicted octanol–water partition coefficient (Wildman–Crippen LogP) is 3.51. The molecule has 1 saturated heterocycles. The molecule has 0 unspecified atom stereocenters. The second kappa shape index (κ2) is 7.23. The number of aliphatic carboxylic acids is 1. The monoisotopic (exact) mass is 343 g/mol. The molecule has 1 aliphatic rings. The summed E-state index contributed by atoms with van der Waals surface area (Å²) >= 11 is 0. The number of aryl methyl sites for hydroxylation is 1. The van der Waals surface area contributed by atoms with Crippen LogP contribution in [0, 0.1) is 5.92 Å². The smallest absolute Gasteiger partial charge is 0.389 e. The number of carboxylic acids is 1. The van der Waals surface area contributed by atoms with Gasteiger partial charge in [-0.25, -0.2) is 0 Å². The van der Waals surface area contributed by atoms with Gasteiger partial charge in [-0.15, -0.1) is 0 Å². The molecule has 2 atom stereocenters. The molecule has 1 aliphatic heterocycles. The third kappa shape index (κ3) is 4.49. The lowest BCUT2D eigenvalue weighted by Crippen LogP contribution is -2.49. The van der Waals surface area contributed by atoms with E-state index in [9.17, 15) is 27.9 Å². The van der Waals surface area contributed by atoms with Gasteiger partial charge in [-0.05, 0) is 43.9 Å². The SMILES string of the molecule is C[C@@H]1[C@H](C(=O)O)CCCN1C(=O)c1ccc(CCC(F)(F)F)cc1. The van der Waals surface area contributed by atoms with Crippen LogP contribution in [-0.4, -0.2) is 40.6 Å². The van der Waals surface area contributed by atoms with Crippen molar-refractivity contribution < 1.29 is 27.9 Å². The number of piperidine rings is 1. The zero-order valence-corrected chi connectivity index (χ0v) is 13.3. The number of rotatable bonds is 4. The number of amides is 1. The Hall–Kier alpha value is -2.05. The minimum absolute atomic E-state index is 0.126. The molecule has 0 aromatic heterocycles. The number of hydrogen-bond donors (Lipinski definition) is 1. The second-order valence-electron chi connectivity index (χ2n) is 6.14. The maximum absolute atomic E-state index is 12.6. The van der Waals surface area contributed by atoms with Crippen LogP contribution in [0.5, 0.6) is 0 Å². The zero-order valence-electron chi connectivity index (χ0n) is 13.3. The third-order valence-electron chi connectivity index (χ3n) is 4.46. The Kier molecular flexibility index (Phi) is 5.51. The van der Waals surface area contributed by atoms with Crippen molar-refractivity contribution in [1.29, 1.82) is 0 Å². The minimum atomic E-state index is -4.20. The highest BCUT2D eigenvalue weighted by molar-refractivity contribution is 5.94. The van der Waals surface area contributed by atoms with Gasteiger partial charge in [0.05, 0.1) is 5.92 Å². The summed E-state index contributed by atoms with van der Waals surface area (Å²) in [5.41, 5.74) is 0.877. The largest absolute Gasteiger partial charge is 0.481 e. The van der Waals surface area contributed by atoms with Crippen LogP contribution in [0.25, 0.3) is 0 Å². The summed E-state index contributed by atoms with van der Waals surface area (Å²) in [4.78, 5) is 25.3. The maximum atomic E-state index is 12.6. The summed E-state index contributed by atoms with van der Waals surface area (Å²) in [7, 11) is 0. The Labute approximate surface area is 138 Å². The molecule has 24 heavy (non-hydrogen) atoms. The number of benzene rings is 1. The fraction of sp³-hybridized carbons (Fsp3) is 0.529. The number of hydrogen-bond acceptors (Lipinski definition) is 2. The molecule has 4 nitrogen and oxygen atoms in total. The van der Waals surface area contributed by atoms with Crippen molar-refractivity contribution in [2.24, 2.45) is 5.92 Å². The van der Waals surface area contributed by atoms with Crippen molar-refractivity contribution in [1.82, 2.24) is 4.90 Å². The van der Waals surface area contributed by atoms with Crippen LogP contribution < -0.4 is 0 Å². The predicted molar refractivity (Wildman–Crippen MR) is 81.7 cm³/mol. The highest BCUT2D eigenvalue weighted by Crippen LogP contribution is 2.26. The highest BCUT2D eigenvalue weighted by Gasteiger charge is 2.35. The van der Waals surface area contributed by atoms with Crippen LogP contribution >= 0.6 is 0 Å². The molecule has 1 fully saturated rings. The van der Waals surface area contributed by atoms with E-state index in [0.29, 0.717) is 30.5 Å². The van der Waals surface area contributed by atoms with Crippen molar-refractivity contribution in [3.8, 4) is 0 Å². The van der Waals surface area contributed by atoms with Crippen LogP contribution in [0.2, 0.25) is 0 Å². The molecule has 1 aromatic carbocycles. The van der Waals surface area contributed by atoms with Crippen LogP contribution in [0.1, 0.15) is 42.1 Å². The molecular formula is C17H20F3NO3. The van der Waals surface area contributed by atoms with Gasteiger partial charge in [0.2, 0.25) is 0 Å². The summed E-state index contributed by atoms with van der Waals surface area (Å²) in [5.74, 6) is -1.79. The first-order valence-corrected chi connectivity index (χ1v) is 7.88. The molecule has 0 aliphatic carbocycles. The number of likely N-dealkylation sites (tertiary alicyclic amines) is 1. The van der Waals surface area contributed by atoms with Crippen LogP contribution in [0.3, 0.4) is 0 Å². The normalized spacial score (nSPS) is 21.6. The van der Waals surface area contributed by atoms with Crippen molar-refractivity contribution >= 4 is 11.9 Å². The average Bonchev–Trinajstić information content (AvgIpc) is 2.52. The second-order valence-corrected chi connectivity index (χ2v) is 6.14. The summed E-state index contributed by atoms with van der Waals surface area (Å²) in [5, 5.41) is 9.21.